The fraction of sp³-hybridized carbons (Fsp3) is 0.149. The van der Waals surface area contributed by atoms with Crippen molar-refractivity contribution in [1.82, 2.24) is 9.47 Å². The maximum Gasteiger partial charge on any atom is 0.0718 e. The van der Waals surface area contributed by atoms with Gasteiger partial charge < -0.3 is 14.4 Å². The van der Waals surface area contributed by atoms with Gasteiger partial charge in [-0.3, -0.25) is 0 Å². The number of hydrogen-bond donors (Lipinski definition) is 0. The Balaban J connectivity index is 0.00000212. The van der Waals surface area contributed by atoms with E-state index in [-0.39, 0.29) is 12.1 Å². The van der Waals surface area contributed by atoms with Crippen molar-refractivity contribution in [3.63, 3.8) is 0 Å². The molecule has 0 fully saturated rings. The molecule has 0 radical (unpaired) electrons. The molecule has 50 heavy (non-hydrogen) atoms. The van der Waals surface area contributed by atoms with Crippen molar-refractivity contribution in [2.24, 2.45) is 0 Å². The Kier molecular flexibility index (Phi) is 10.9. The summed E-state index contributed by atoms with van der Waals surface area (Å²) >= 11 is 0. The second-order valence-electron chi connectivity index (χ2n) is 12.1. The predicted molar refractivity (Wildman–Crippen MR) is 219 cm³/mol. The molecule has 1 unspecified atom stereocenters. The number of hydrogen-bond acceptors (Lipinski definition) is 2. The van der Waals surface area contributed by atoms with Gasteiger partial charge in [-0.05, 0) is 68.0 Å². The zero-order valence-corrected chi connectivity index (χ0v) is 29.7. The topological polar surface area (TPSA) is 11.4 Å². The average molecular weight is 654 g/mol. The lowest BCUT2D eigenvalue weighted by molar-refractivity contribution is 0.364. The Morgan fingerprint density at radius 2 is 1.40 bits per heavy atom. The molecule has 3 heteroatoms. The van der Waals surface area contributed by atoms with Crippen LogP contribution in [-0.4, -0.2) is 28.1 Å². The van der Waals surface area contributed by atoms with Gasteiger partial charge >= 0.3 is 0 Å². The summed E-state index contributed by atoms with van der Waals surface area (Å²) in [6.45, 7) is 13.3. The standard InChI is InChI=1S/C45H41N3.C2H6/c1-4-36(48-44-28-16-13-25-41(44)42-26-14-17-29-45(42)48)23-18-32-46(38-20-8-6-7-9-21-38)34(3)30-31-37(5-2)47-39-22-11-10-19-35(33-39)40-24-12-15-27-43(40)47;1-2/h4-31,33,38-39H,2,32H2,1,3H3;1-2H3/b23-18-,34-30+,36-4+,37-31+;. The summed E-state index contributed by atoms with van der Waals surface area (Å²) in [5.41, 5.74) is 9.49. The predicted octanol–water partition coefficient (Wildman–Crippen LogP) is 12.0. The maximum absolute atomic E-state index is 4.25. The third-order valence-corrected chi connectivity index (χ3v) is 9.29. The summed E-state index contributed by atoms with van der Waals surface area (Å²) in [6, 6.07) is 26.2. The molecule has 2 bridgehead atoms. The van der Waals surface area contributed by atoms with Gasteiger partial charge in [-0.15, -0.1) is 0 Å². The number of nitrogens with zero attached hydrogens (tertiary/aromatic N) is 3. The Bertz CT molecular complexity index is 2100. The van der Waals surface area contributed by atoms with Crippen molar-refractivity contribution in [3.8, 4) is 0 Å². The Hall–Kier alpha value is -5.80. The van der Waals surface area contributed by atoms with E-state index in [9.17, 15) is 0 Å². The molecule has 0 N–H and O–H groups in total. The van der Waals surface area contributed by atoms with Crippen LogP contribution in [0.4, 0.5) is 5.69 Å². The third-order valence-electron chi connectivity index (χ3n) is 9.29. The first-order valence-corrected chi connectivity index (χ1v) is 17.7. The monoisotopic (exact) mass is 653 g/mol. The molecule has 7 rings (SSSR count). The molecule has 250 valence electrons. The maximum atomic E-state index is 4.25. The number of fused-ring (bicyclic) bond motifs is 6. The van der Waals surface area contributed by atoms with Crippen molar-refractivity contribution in [2.75, 3.05) is 11.4 Å². The highest BCUT2D eigenvalue weighted by Crippen LogP contribution is 2.39. The van der Waals surface area contributed by atoms with Crippen LogP contribution in [0.15, 0.2) is 194 Å². The summed E-state index contributed by atoms with van der Waals surface area (Å²) in [6.07, 6.45) is 37.1. The van der Waals surface area contributed by atoms with E-state index in [1.165, 1.54) is 44.3 Å². The molecule has 1 atom stereocenters. The molecule has 3 nitrogen and oxygen atoms in total. The minimum Gasteiger partial charge on any atom is -0.361 e. The molecule has 1 aromatic heterocycles. The molecule has 2 heterocycles. The molecule has 0 amide bonds. The highest BCUT2D eigenvalue weighted by molar-refractivity contribution is 6.10. The third kappa shape index (κ3) is 6.86. The van der Waals surface area contributed by atoms with Crippen LogP contribution in [0.5, 0.6) is 0 Å². The largest absolute Gasteiger partial charge is 0.361 e. The molecule has 3 aliphatic rings. The van der Waals surface area contributed by atoms with Crippen molar-refractivity contribution >= 4 is 38.8 Å². The summed E-state index contributed by atoms with van der Waals surface area (Å²) in [4.78, 5) is 4.81. The quantitative estimate of drug-likeness (QED) is 0.167. The Labute approximate surface area is 298 Å². The van der Waals surface area contributed by atoms with Crippen LogP contribution >= 0.6 is 0 Å². The molecule has 1 aliphatic heterocycles. The zero-order valence-electron chi connectivity index (χ0n) is 29.7. The number of anilines is 1. The minimum atomic E-state index is 0.112. The number of rotatable bonds is 9. The van der Waals surface area contributed by atoms with E-state index < -0.39 is 0 Å². The van der Waals surface area contributed by atoms with E-state index in [0.717, 1.165) is 17.9 Å². The Morgan fingerprint density at radius 1 is 0.760 bits per heavy atom. The molecule has 4 aromatic rings. The molecule has 0 saturated heterocycles. The van der Waals surface area contributed by atoms with E-state index in [1.807, 2.05) is 19.9 Å². The van der Waals surface area contributed by atoms with E-state index >= 15 is 0 Å². The van der Waals surface area contributed by atoms with E-state index in [4.69, 9.17) is 0 Å². The van der Waals surface area contributed by atoms with Gasteiger partial charge in [0.1, 0.15) is 0 Å². The van der Waals surface area contributed by atoms with Crippen LogP contribution < -0.4 is 4.90 Å². The van der Waals surface area contributed by atoms with Gasteiger partial charge in [0.25, 0.3) is 0 Å². The van der Waals surface area contributed by atoms with Gasteiger partial charge in [-0.25, -0.2) is 0 Å². The summed E-state index contributed by atoms with van der Waals surface area (Å²) in [7, 11) is 0. The lowest BCUT2D eigenvalue weighted by Crippen LogP contribution is -2.34. The smallest absolute Gasteiger partial charge is 0.0718 e. The number of allylic oxidation sites excluding steroid dienone is 15. The fourth-order valence-electron chi connectivity index (χ4n) is 6.97. The molecule has 0 spiro atoms. The lowest BCUT2D eigenvalue weighted by Gasteiger charge is -2.36. The van der Waals surface area contributed by atoms with Crippen molar-refractivity contribution in [2.45, 2.75) is 39.8 Å². The van der Waals surface area contributed by atoms with E-state index in [0.29, 0.717) is 0 Å². The highest BCUT2D eigenvalue weighted by atomic mass is 15.2. The second-order valence-corrected chi connectivity index (χ2v) is 12.1. The van der Waals surface area contributed by atoms with Crippen molar-refractivity contribution in [1.29, 1.82) is 0 Å². The van der Waals surface area contributed by atoms with E-state index in [2.05, 4.69) is 205 Å². The van der Waals surface area contributed by atoms with Gasteiger partial charge in [0.2, 0.25) is 0 Å². The Morgan fingerprint density at radius 3 is 2.08 bits per heavy atom. The van der Waals surface area contributed by atoms with Gasteiger partial charge in [0.15, 0.2) is 0 Å². The summed E-state index contributed by atoms with van der Waals surface area (Å²) in [5.74, 6) is 0. The first kappa shape index (κ1) is 34.1. The average Bonchev–Trinajstić information content (AvgIpc) is 3.35. The van der Waals surface area contributed by atoms with Crippen LogP contribution in [-0.2, 0) is 0 Å². The minimum absolute atomic E-state index is 0.112. The van der Waals surface area contributed by atoms with Crippen LogP contribution in [0.1, 0.15) is 33.3 Å². The molecule has 3 aromatic carbocycles. The molecule has 0 saturated carbocycles. The normalized spacial score (nSPS) is 17.4. The van der Waals surface area contributed by atoms with Crippen LogP contribution in [0.2, 0.25) is 0 Å². The zero-order chi connectivity index (χ0) is 34.9. The SMILES string of the molecule is C=C/C(=C\C=C(/C)N(C/C=C\C(=C/C)n1c2ccccc2c2ccccc21)C1C=CC=CC=C1)N1c2ccccc2C2=CC1C=CC=C2.CC. The van der Waals surface area contributed by atoms with Crippen molar-refractivity contribution in [3.05, 3.63) is 200 Å². The van der Waals surface area contributed by atoms with Gasteiger partial charge in [-0.2, -0.15) is 0 Å². The van der Waals surface area contributed by atoms with Crippen LogP contribution in [0.25, 0.3) is 33.1 Å². The second kappa shape index (κ2) is 16.1. The van der Waals surface area contributed by atoms with Crippen LogP contribution in [0, 0.1) is 0 Å². The summed E-state index contributed by atoms with van der Waals surface area (Å²) < 4.78 is 2.37. The highest BCUT2D eigenvalue weighted by Gasteiger charge is 2.26. The van der Waals surface area contributed by atoms with Crippen LogP contribution in [0.3, 0.4) is 0 Å². The number of benzene rings is 3. The lowest BCUT2D eigenvalue weighted by atomic mass is 9.95. The van der Waals surface area contributed by atoms with Crippen molar-refractivity contribution < 1.29 is 0 Å². The summed E-state index contributed by atoms with van der Waals surface area (Å²) in [5, 5.41) is 2.54. The van der Waals surface area contributed by atoms with E-state index in [1.54, 1.807) is 0 Å². The van der Waals surface area contributed by atoms with Gasteiger partial charge in [0.05, 0.1) is 23.1 Å². The van der Waals surface area contributed by atoms with Gasteiger partial charge in [0, 0.05) is 45.7 Å². The molecule has 2 aliphatic carbocycles. The first-order valence-electron chi connectivity index (χ1n) is 17.7. The van der Waals surface area contributed by atoms with Gasteiger partial charge in [-0.1, -0.05) is 148 Å². The first-order chi connectivity index (χ1) is 24.7. The number of para-hydroxylation sites is 3. The molecular weight excluding hydrogens is 607 g/mol. The fourth-order valence-corrected chi connectivity index (χ4v) is 6.97. The number of aromatic nitrogens is 1. The molecular formula is C47H47N3.